The van der Waals surface area contributed by atoms with E-state index in [4.69, 9.17) is 0 Å². The molecule has 2 unspecified atom stereocenters. The molecular formula is C14H24N4S. The Hall–Kier alpha value is -1.10. The number of nitrogens with zero attached hydrogens (tertiary/aromatic N) is 2. The number of nitrogens with one attached hydrogen (secondary N) is 2. The maximum absolute atomic E-state index is 4.62. The number of aryl methyl sites for hydroxylation is 2. The number of guanidine groups is 1. The van der Waals surface area contributed by atoms with Gasteiger partial charge in [0, 0.05) is 30.4 Å². The van der Waals surface area contributed by atoms with Gasteiger partial charge in [0.1, 0.15) is 0 Å². The van der Waals surface area contributed by atoms with Gasteiger partial charge in [-0.3, -0.25) is 4.99 Å². The van der Waals surface area contributed by atoms with Gasteiger partial charge < -0.3 is 10.6 Å². The third-order valence-electron chi connectivity index (χ3n) is 3.44. The second kappa shape index (κ2) is 6.37. The number of aromatic nitrogens is 1. The largest absolute Gasteiger partial charge is 0.357 e. The Bertz CT molecular complexity index is 433. The molecule has 1 fully saturated rings. The summed E-state index contributed by atoms with van der Waals surface area (Å²) < 4.78 is 0. The third-order valence-corrected chi connectivity index (χ3v) is 4.58. The first kappa shape index (κ1) is 14.3. The van der Waals surface area contributed by atoms with Gasteiger partial charge in [-0.15, -0.1) is 11.3 Å². The van der Waals surface area contributed by atoms with Crippen LogP contribution in [0.1, 0.15) is 35.8 Å². The van der Waals surface area contributed by atoms with Gasteiger partial charge in [0.2, 0.25) is 0 Å². The van der Waals surface area contributed by atoms with E-state index in [2.05, 4.69) is 48.3 Å². The van der Waals surface area contributed by atoms with E-state index in [1.807, 2.05) is 0 Å². The van der Waals surface area contributed by atoms with Crippen molar-refractivity contribution >= 4 is 17.3 Å². The lowest BCUT2D eigenvalue weighted by atomic mass is 10.4. The second-order valence-electron chi connectivity index (χ2n) is 5.22. The quantitative estimate of drug-likeness (QED) is 0.642. The molecule has 1 aromatic heterocycles. The highest BCUT2D eigenvalue weighted by Crippen LogP contribution is 2.28. The van der Waals surface area contributed by atoms with Crippen LogP contribution in [-0.4, -0.2) is 30.1 Å². The molecule has 19 heavy (non-hydrogen) atoms. The zero-order valence-electron chi connectivity index (χ0n) is 12.3. The Morgan fingerprint density at radius 3 is 2.74 bits per heavy atom. The molecule has 1 heterocycles. The van der Waals surface area contributed by atoms with Gasteiger partial charge >= 0.3 is 0 Å². The van der Waals surface area contributed by atoms with Crippen molar-refractivity contribution in [1.29, 1.82) is 0 Å². The lowest BCUT2D eigenvalue weighted by molar-refractivity contribution is 0.764. The molecule has 4 nitrogen and oxygen atoms in total. The van der Waals surface area contributed by atoms with Crippen LogP contribution in [0, 0.1) is 19.8 Å². The van der Waals surface area contributed by atoms with E-state index in [9.17, 15) is 0 Å². The van der Waals surface area contributed by atoms with E-state index in [-0.39, 0.29) is 0 Å². The van der Waals surface area contributed by atoms with Crippen molar-refractivity contribution in [3.05, 3.63) is 15.6 Å². The van der Waals surface area contributed by atoms with Crippen LogP contribution in [0.3, 0.4) is 0 Å². The lowest BCUT2D eigenvalue weighted by Crippen LogP contribution is -2.39. The van der Waals surface area contributed by atoms with Crippen molar-refractivity contribution in [1.82, 2.24) is 15.6 Å². The second-order valence-corrected chi connectivity index (χ2v) is 6.51. The van der Waals surface area contributed by atoms with Crippen molar-refractivity contribution < 1.29 is 0 Å². The zero-order valence-corrected chi connectivity index (χ0v) is 13.1. The molecular weight excluding hydrogens is 256 g/mol. The van der Waals surface area contributed by atoms with Gasteiger partial charge in [-0.2, -0.15) is 0 Å². The third kappa shape index (κ3) is 4.20. The molecule has 1 saturated carbocycles. The predicted molar refractivity (Wildman–Crippen MR) is 82.0 cm³/mol. The van der Waals surface area contributed by atoms with Gasteiger partial charge in [-0.05, 0) is 33.1 Å². The summed E-state index contributed by atoms with van der Waals surface area (Å²) in [7, 11) is 0. The van der Waals surface area contributed by atoms with Crippen LogP contribution in [0.25, 0.3) is 0 Å². The highest BCUT2D eigenvalue weighted by molar-refractivity contribution is 7.11. The molecule has 106 valence electrons. The molecule has 0 aromatic carbocycles. The molecule has 1 aliphatic carbocycles. The molecule has 0 saturated heterocycles. The molecule has 2 rings (SSSR count). The van der Waals surface area contributed by atoms with Crippen LogP contribution in [0.5, 0.6) is 0 Å². The van der Waals surface area contributed by atoms with Crippen LogP contribution in [0.15, 0.2) is 4.99 Å². The fourth-order valence-corrected chi connectivity index (χ4v) is 2.85. The maximum atomic E-state index is 4.62. The molecule has 0 aliphatic heterocycles. The van der Waals surface area contributed by atoms with Crippen LogP contribution >= 0.6 is 11.3 Å². The number of aliphatic imine (C=N–C) groups is 1. The van der Waals surface area contributed by atoms with Gasteiger partial charge in [0.05, 0.1) is 10.7 Å². The Morgan fingerprint density at radius 2 is 2.21 bits per heavy atom. The lowest BCUT2D eigenvalue weighted by Gasteiger charge is -2.10. The first-order valence-electron chi connectivity index (χ1n) is 7.08. The minimum atomic E-state index is 0.613. The summed E-state index contributed by atoms with van der Waals surface area (Å²) in [6, 6.07) is 0.613. The van der Waals surface area contributed by atoms with E-state index in [1.165, 1.54) is 16.3 Å². The minimum absolute atomic E-state index is 0.613. The molecule has 2 N–H and O–H groups in total. The smallest absolute Gasteiger partial charge is 0.191 e. The van der Waals surface area contributed by atoms with Crippen molar-refractivity contribution in [2.45, 2.75) is 46.6 Å². The number of hydrogen-bond acceptors (Lipinski definition) is 3. The summed E-state index contributed by atoms with van der Waals surface area (Å²) in [6.45, 7) is 10.3. The summed E-state index contributed by atoms with van der Waals surface area (Å²) >= 11 is 1.78. The summed E-state index contributed by atoms with van der Waals surface area (Å²) in [5.74, 6) is 1.73. The molecule has 0 radical (unpaired) electrons. The number of thiazole rings is 1. The fourth-order valence-electron chi connectivity index (χ4n) is 1.93. The Balaban J connectivity index is 1.83. The van der Waals surface area contributed by atoms with E-state index >= 15 is 0 Å². The van der Waals surface area contributed by atoms with Crippen molar-refractivity contribution in [2.24, 2.45) is 10.9 Å². The molecule has 2 atom stereocenters. The summed E-state index contributed by atoms with van der Waals surface area (Å²) in [5, 5.41) is 7.95. The number of rotatable bonds is 5. The SMILES string of the molecule is CCNC(=NCCc1nc(C)c(C)s1)NC1CC1C. The van der Waals surface area contributed by atoms with Gasteiger partial charge in [0.15, 0.2) is 5.96 Å². The van der Waals surface area contributed by atoms with Gasteiger partial charge in [0.25, 0.3) is 0 Å². The maximum Gasteiger partial charge on any atom is 0.191 e. The van der Waals surface area contributed by atoms with Crippen molar-refractivity contribution in [3.8, 4) is 0 Å². The molecule has 5 heteroatoms. The topological polar surface area (TPSA) is 49.3 Å². The first-order valence-corrected chi connectivity index (χ1v) is 7.89. The van der Waals surface area contributed by atoms with Gasteiger partial charge in [-0.1, -0.05) is 6.92 Å². The first-order chi connectivity index (χ1) is 9.10. The summed E-state index contributed by atoms with van der Waals surface area (Å²) in [6.07, 6.45) is 2.19. The Kier molecular flexibility index (Phi) is 4.80. The van der Waals surface area contributed by atoms with E-state index in [1.54, 1.807) is 11.3 Å². The highest BCUT2D eigenvalue weighted by atomic mass is 32.1. The standard InChI is InChI=1S/C14H24N4S/c1-5-15-14(18-12-8-9(12)2)16-7-6-13-17-10(3)11(4)19-13/h9,12H,5-8H2,1-4H3,(H2,15,16,18). The monoisotopic (exact) mass is 280 g/mol. The molecule has 1 aliphatic rings. The minimum Gasteiger partial charge on any atom is -0.357 e. The molecule has 0 bridgehead atoms. The molecule has 1 aromatic rings. The average Bonchev–Trinajstić information content (AvgIpc) is 2.94. The van der Waals surface area contributed by atoms with E-state index in [0.717, 1.165) is 37.1 Å². The van der Waals surface area contributed by atoms with Crippen LogP contribution < -0.4 is 10.6 Å². The van der Waals surface area contributed by atoms with Crippen LogP contribution in [-0.2, 0) is 6.42 Å². The van der Waals surface area contributed by atoms with Crippen molar-refractivity contribution in [2.75, 3.05) is 13.1 Å². The fraction of sp³-hybridized carbons (Fsp3) is 0.714. The molecule has 0 amide bonds. The van der Waals surface area contributed by atoms with Crippen LogP contribution in [0.4, 0.5) is 0 Å². The average molecular weight is 280 g/mol. The highest BCUT2D eigenvalue weighted by Gasteiger charge is 2.33. The summed E-state index contributed by atoms with van der Waals surface area (Å²) in [5.41, 5.74) is 1.15. The van der Waals surface area contributed by atoms with Gasteiger partial charge in [-0.25, -0.2) is 4.98 Å². The van der Waals surface area contributed by atoms with Crippen molar-refractivity contribution in [3.63, 3.8) is 0 Å². The summed E-state index contributed by atoms with van der Waals surface area (Å²) in [4.78, 5) is 10.5. The Morgan fingerprint density at radius 1 is 1.47 bits per heavy atom. The zero-order chi connectivity index (χ0) is 13.8. The van der Waals surface area contributed by atoms with Crippen LogP contribution in [0.2, 0.25) is 0 Å². The van der Waals surface area contributed by atoms with E-state index < -0.39 is 0 Å². The molecule has 0 spiro atoms. The van der Waals surface area contributed by atoms with E-state index in [0.29, 0.717) is 6.04 Å². The Labute approximate surface area is 119 Å². The number of hydrogen-bond donors (Lipinski definition) is 2. The normalized spacial score (nSPS) is 22.4. The predicted octanol–water partition coefficient (Wildman–Crippen LogP) is 2.27.